The van der Waals surface area contributed by atoms with Crippen LogP contribution in [0.1, 0.15) is 11.5 Å². The summed E-state index contributed by atoms with van der Waals surface area (Å²) in [5.41, 5.74) is 3.86. The molecule has 0 atom stereocenters. The lowest BCUT2D eigenvalue weighted by molar-refractivity contribution is 0.528. The second-order valence-electron chi connectivity index (χ2n) is 6.38. The molecule has 7 heteroatoms. The summed E-state index contributed by atoms with van der Waals surface area (Å²) in [6, 6.07) is 18.6. The number of anilines is 1. The minimum Gasteiger partial charge on any atom is -0.460 e. The smallest absolute Gasteiger partial charge is 0.282 e. The molecule has 0 saturated carbocycles. The highest BCUT2D eigenvalue weighted by atomic mass is 16.3. The summed E-state index contributed by atoms with van der Waals surface area (Å²) in [6.07, 6.45) is 1.56. The predicted molar refractivity (Wildman–Crippen MR) is 109 cm³/mol. The molecule has 0 unspecified atom stereocenters. The first-order valence-corrected chi connectivity index (χ1v) is 8.77. The summed E-state index contributed by atoms with van der Waals surface area (Å²) >= 11 is 0. The Labute approximate surface area is 158 Å². The molecule has 0 aliphatic heterocycles. The van der Waals surface area contributed by atoms with E-state index < -0.39 is 0 Å². The van der Waals surface area contributed by atoms with Gasteiger partial charge in [0.1, 0.15) is 11.5 Å². The lowest BCUT2D eigenvalue weighted by Crippen LogP contribution is -2.19. The molecule has 1 N–H and O–H groups in total. The lowest BCUT2D eigenvalue weighted by Gasteiger charge is -2.09. The lowest BCUT2D eigenvalue weighted by atomic mass is 10.1. The van der Waals surface area contributed by atoms with E-state index in [0.717, 1.165) is 16.5 Å². The van der Waals surface area contributed by atoms with E-state index in [2.05, 4.69) is 20.6 Å². The van der Waals surface area contributed by atoms with E-state index in [0.29, 0.717) is 28.1 Å². The molecule has 0 aliphatic carbocycles. The summed E-state index contributed by atoms with van der Waals surface area (Å²) < 4.78 is 6.79. The van der Waals surface area contributed by atoms with Crippen LogP contribution >= 0.6 is 0 Å². The summed E-state index contributed by atoms with van der Waals surface area (Å²) in [4.78, 5) is 17.6. The number of fused-ring (bicyclic) bond motifs is 4. The fourth-order valence-electron chi connectivity index (χ4n) is 3.19. The molecule has 0 radical (unpaired) electrons. The van der Waals surface area contributed by atoms with Gasteiger partial charge in [-0.2, -0.15) is 9.62 Å². The Morgan fingerprint density at radius 1 is 1.00 bits per heavy atom. The number of aromatic nitrogens is 3. The summed E-state index contributed by atoms with van der Waals surface area (Å²) in [5.74, 6) is 1.89. The molecular weight excluding hydrogens is 354 g/mol. The molecule has 0 spiro atoms. The predicted octanol–water partition coefficient (Wildman–Crippen LogP) is 3.74. The zero-order valence-corrected chi connectivity index (χ0v) is 15.0. The third-order valence-corrected chi connectivity index (χ3v) is 4.50. The Hall–Kier alpha value is -4.00. The van der Waals surface area contributed by atoms with Crippen LogP contribution in [0.2, 0.25) is 0 Å². The molecule has 136 valence electrons. The number of nitrogens with zero attached hydrogens (tertiary/aromatic N) is 4. The molecule has 28 heavy (non-hydrogen) atoms. The van der Waals surface area contributed by atoms with Crippen LogP contribution < -0.4 is 11.0 Å². The highest BCUT2D eigenvalue weighted by Gasteiger charge is 2.12. The van der Waals surface area contributed by atoms with Crippen molar-refractivity contribution in [3.8, 4) is 0 Å². The number of aryl methyl sites for hydroxylation is 1. The minimum atomic E-state index is -0.222. The van der Waals surface area contributed by atoms with Gasteiger partial charge in [0, 0.05) is 10.8 Å². The second kappa shape index (κ2) is 6.31. The van der Waals surface area contributed by atoms with E-state index >= 15 is 0 Å². The van der Waals surface area contributed by atoms with Gasteiger partial charge in [-0.25, -0.2) is 4.98 Å². The molecule has 5 aromatic rings. The average molecular weight is 369 g/mol. The fourth-order valence-corrected chi connectivity index (χ4v) is 3.19. The van der Waals surface area contributed by atoms with Crippen molar-refractivity contribution in [3.05, 3.63) is 82.5 Å². The fraction of sp³-hybridized carbons (Fsp3) is 0.0476. The molecule has 0 fully saturated rings. The van der Waals surface area contributed by atoms with Gasteiger partial charge < -0.3 is 4.42 Å². The maximum absolute atomic E-state index is 13.0. The molecule has 0 bridgehead atoms. The highest BCUT2D eigenvalue weighted by Crippen LogP contribution is 2.24. The first-order chi connectivity index (χ1) is 13.7. The largest absolute Gasteiger partial charge is 0.460 e. The Balaban J connectivity index is 1.72. The zero-order chi connectivity index (χ0) is 19.1. The van der Waals surface area contributed by atoms with Gasteiger partial charge in [0.05, 0.1) is 17.1 Å². The van der Waals surface area contributed by atoms with Crippen molar-refractivity contribution < 1.29 is 4.42 Å². The van der Waals surface area contributed by atoms with Crippen LogP contribution in [0.3, 0.4) is 0 Å². The van der Waals surface area contributed by atoms with Gasteiger partial charge in [0.2, 0.25) is 0 Å². The van der Waals surface area contributed by atoms with E-state index in [-0.39, 0.29) is 5.56 Å². The third-order valence-electron chi connectivity index (χ3n) is 4.50. The maximum Gasteiger partial charge on any atom is 0.282 e. The number of rotatable bonds is 3. The van der Waals surface area contributed by atoms with Crippen molar-refractivity contribution in [2.24, 2.45) is 5.10 Å². The van der Waals surface area contributed by atoms with Gasteiger partial charge in [-0.15, -0.1) is 5.10 Å². The van der Waals surface area contributed by atoms with Gasteiger partial charge in [-0.05, 0) is 31.2 Å². The van der Waals surface area contributed by atoms with Crippen LogP contribution in [-0.4, -0.2) is 20.8 Å². The summed E-state index contributed by atoms with van der Waals surface area (Å²) in [6.45, 7) is 1.87. The van der Waals surface area contributed by atoms with E-state index in [4.69, 9.17) is 4.42 Å². The Morgan fingerprint density at radius 2 is 1.75 bits per heavy atom. The average Bonchev–Trinajstić information content (AvgIpc) is 3.14. The molecule has 3 aromatic heterocycles. The highest BCUT2D eigenvalue weighted by molar-refractivity contribution is 6.01. The van der Waals surface area contributed by atoms with Crippen LogP contribution in [0.15, 0.2) is 75.0 Å². The first kappa shape index (κ1) is 16.2. The van der Waals surface area contributed by atoms with Gasteiger partial charge in [-0.3, -0.25) is 10.2 Å². The van der Waals surface area contributed by atoms with E-state index in [1.165, 1.54) is 4.52 Å². The first-order valence-electron chi connectivity index (χ1n) is 8.77. The van der Waals surface area contributed by atoms with Crippen LogP contribution in [-0.2, 0) is 0 Å². The molecule has 0 amide bonds. The SMILES string of the molecule is Cc1ccc(C=NNc2nn3c(=O)c4ccccc4nc3c3ccccc23)o1. The molecule has 2 aromatic carbocycles. The number of hydrazone groups is 1. The van der Waals surface area contributed by atoms with Crippen LogP contribution in [0.4, 0.5) is 5.82 Å². The van der Waals surface area contributed by atoms with Crippen LogP contribution in [0, 0.1) is 6.92 Å². The van der Waals surface area contributed by atoms with Crippen molar-refractivity contribution >= 4 is 39.4 Å². The van der Waals surface area contributed by atoms with Gasteiger partial charge in [0.25, 0.3) is 5.56 Å². The van der Waals surface area contributed by atoms with Crippen molar-refractivity contribution in [2.45, 2.75) is 6.92 Å². The molecule has 0 aliphatic rings. The van der Waals surface area contributed by atoms with Gasteiger partial charge in [-0.1, -0.05) is 36.4 Å². The number of para-hydroxylation sites is 1. The Bertz CT molecular complexity index is 1430. The van der Waals surface area contributed by atoms with Crippen molar-refractivity contribution in [1.29, 1.82) is 0 Å². The monoisotopic (exact) mass is 369 g/mol. The van der Waals surface area contributed by atoms with Crippen molar-refractivity contribution in [1.82, 2.24) is 14.6 Å². The normalized spacial score (nSPS) is 11.8. The minimum absolute atomic E-state index is 0.222. The van der Waals surface area contributed by atoms with Gasteiger partial charge in [0.15, 0.2) is 11.5 Å². The summed E-state index contributed by atoms with van der Waals surface area (Å²) in [7, 11) is 0. The summed E-state index contributed by atoms with van der Waals surface area (Å²) in [5, 5.41) is 10.8. The molecule has 7 nitrogen and oxygen atoms in total. The zero-order valence-electron chi connectivity index (χ0n) is 15.0. The number of hydrogen-bond acceptors (Lipinski definition) is 6. The third kappa shape index (κ3) is 2.61. The van der Waals surface area contributed by atoms with Crippen molar-refractivity contribution in [3.63, 3.8) is 0 Å². The number of nitrogens with one attached hydrogen (secondary N) is 1. The molecular formula is C21H15N5O2. The van der Waals surface area contributed by atoms with Crippen LogP contribution in [0.5, 0.6) is 0 Å². The topological polar surface area (TPSA) is 84.8 Å². The standard InChI is InChI=1S/C21H15N5O2/c1-13-10-11-14(28-13)12-22-24-19-15-6-2-3-7-16(15)20-23-18-9-5-4-8-17(18)21(27)26(20)25-19/h2-12H,1H3,(H,24,25). The molecule has 3 heterocycles. The van der Waals surface area contributed by atoms with E-state index in [1.807, 2.05) is 61.5 Å². The molecule has 0 saturated heterocycles. The number of benzene rings is 2. The van der Waals surface area contributed by atoms with E-state index in [9.17, 15) is 4.79 Å². The number of furan rings is 1. The van der Waals surface area contributed by atoms with Crippen molar-refractivity contribution in [2.75, 3.05) is 5.43 Å². The van der Waals surface area contributed by atoms with Gasteiger partial charge >= 0.3 is 0 Å². The maximum atomic E-state index is 13.0. The second-order valence-corrected chi connectivity index (χ2v) is 6.38. The Kier molecular flexibility index (Phi) is 3.65. The molecule has 5 rings (SSSR count). The quantitative estimate of drug-likeness (QED) is 0.227. The van der Waals surface area contributed by atoms with E-state index in [1.54, 1.807) is 12.3 Å². The Morgan fingerprint density at radius 3 is 2.54 bits per heavy atom. The number of hydrogen-bond donors (Lipinski definition) is 1. The van der Waals surface area contributed by atoms with Crippen LogP contribution in [0.25, 0.3) is 27.3 Å².